The van der Waals surface area contributed by atoms with Crippen molar-refractivity contribution < 1.29 is 15.3 Å². The lowest BCUT2D eigenvalue weighted by molar-refractivity contribution is 0.281. The zero-order chi connectivity index (χ0) is 13.2. The van der Waals surface area contributed by atoms with E-state index in [0.717, 1.165) is 11.5 Å². The number of aliphatic hydroxyl groups is 3. The summed E-state index contributed by atoms with van der Waals surface area (Å²) in [5.41, 5.74) is 0.819. The molecule has 0 radical (unpaired) electrons. The second kappa shape index (κ2) is 8.84. The first kappa shape index (κ1) is 14.9. The third-order valence-corrected chi connectivity index (χ3v) is 2.64. The lowest BCUT2D eigenvalue weighted by Gasteiger charge is -2.22. The fourth-order valence-corrected chi connectivity index (χ4v) is 1.76. The SMILES string of the molecule is OCCCc1n[nH]nc1N(CCCO)CCCO. The average molecular weight is 258 g/mol. The van der Waals surface area contributed by atoms with Gasteiger partial charge in [0.25, 0.3) is 0 Å². The number of aromatic nitrogens is 3. The molecule has 0 unspecified atom stereocenters. The van der Waals surface area contributed by atoms with Gasteiger partial charge in [-0.1, -0.05) is 0 Å². The van der Waals surface area contributed by atoms with Crippen LogP contribution >= 0.6 is 0 Å². The van der Waals surface area contributed by atoms with Gasteiger partial charge in [-0.3, -0.25) is 0 Å². The summed E-state index contributed by atoms with van der Waals surface area (Å²) in [4.78, 5) is 2.00. The van der Waals surface area contributed by atoms with Crippen molar-refractivity contribution in [2.24, 2.45) is 0 Å². The summed E-state index contributed by atoms with van der Waals surface area (Å²) < 4.78 is 0. The lowest BCUT2D eigenvalue weighted by Crippen LogP contribution is -2.28. The van der Waals surface area contributed by atoms with Crippen LogP contribution in [0.2, 0.25) is 0 Å². The topological polar surface area (TPSA) is 106 Å². The number of hydrogen-bond acceptors (Lipinski definition) is 6. The minimum Gasteiger partial charge on any atom is -0.396 e. The van der Waals surface area contributed by atoms with Crippen LogP contribution in [0.1, 0.15) is 25.0 Å². The van der Waals surface area contributed by atoms with Gasteiger partial charge < -0.3 is 20.2 Å². The normalized spacial score (nSPS) is 10.8. The number of rotatable bonds is 10. The maximum absolute atomic E-state index is 8.90. The molecule has 0 aliphatic rings. The van der Waals surface area contributed by atoms with Gasteiger partial charge in [-0.15, -0.1) is 5.10 Å². The third kappa shape index (κ3) is 4.59. The van der Waals surface area contributed by atoms with Crippen LogP contribution in [-0.4, -0.2) is 63.6 Å². The Morgan fingerprint density at radius 1 is 0.889 bits per heavy atom. The zero-order valence-corrected chi connectivity index (χ0v) is 10.5. The number of H-pyrrole nitrogens is 1. The van der Waals surface area contributed by atoms with Gasteiger partial charge in [-0.2, -0.15) is 10.3 Å². The molecule has 7 heteroatoms. The fraction of sp³-hybridized carbons (Fsp3) is 0.818. The molecule has 1 rings (SSSR count). The number of hydrogen-bond donors (Lipinski definition) is 4. The highest BCUT2D eigenvalue weighted by Gasteiger charge is 2.14. The average Bonchev–Trinajstić information content (AvgIpc) is 2.85. The quantitative estimate of drug-likeness (QED) is 0.442. The number of anilines is 1. The van der Waals surface area contributed by atoms with E-state index in [1.54, 1.807) is 0 Å². The molecule has 7 nitrogen and oxygen atoms in total. The van der Waals surface area contributed by atoms with E-state index in [1.807, 2.05) is 4.90 Å². The van der Waals surface area contributed by atoms with Crippen molar-refractivity contribution in [3.63, 3.8) is 0 Å². The van der Waals surface area contributed by atoms with E-state index >= 15 is 0 Å². The zero-order valence-electron chi connectivity index (χ0n) is 10.5. The predicted octanol–water partition coefficient (Wildman–Crippen LogP) is -0.699. The van der Waals surface area contributed by atoms with E-state index < -0.39 is 0 Å². The predicted molar refractivity (Wildman–Crippen MR) is 67.4 cm³/mol. The van der Waals surface area contributed by atoms with Gasteiger partial charge in [0, 0.05) is 32.9 Å². The molecule has 0 fully saturated rings. The molecular weight excluding hydrogens is 236 g/mol. The Morgan fingerprint density at radius 3 is 2.06 bits per heavy atom. The van der Waals surface area contributed by atoms with Crippen LogP contribution in [-0.2, 0) is 6.42 Å². The van der Waals surface area contributed by atoms with Crippen LogP contribution in [0.25, 0.3) is 0 Å². The Morgan fingerprint density at radius 2 is 1.50 bits per heavy atom. The number of aryl methyl sites for hydroxylation is 1. The number of aromatic amines is 1. The highest BCUT2D eigenvalue weighted by Crippen LogP contribution is 2.16. The highest BCUT2D eigenvalue weighted by molar-refractivity contribution is 5.42. The van der Waals surface area contributed by atoms with Crippen molar-refractivity contribution in [2.45, 2.75) is 25.7 Å². The maximum Gasteiger partial charge on any atom is 0.174 e. The van der Waals surface area contributed by atoms with Gasteiger partial charge in [-0.05, 0) is 25.7 Å². The molecule has 104 valence electrons. The number of nitrogens with zero attached hydrogens (tertiary/aromatic N) is 3. The monoisotopic (exact) mass is 258 g/mol. The van der Waals surface area contributed by atoms with Crippen molar-refractivity contribution in [3.05, 3.63) is 5.69 Å². The smallest absolute Gasteiger partial charge is 0.174 e. The van der Waals surface area contributed by atoms with Gasteiger partial charge in [0.1, 0.15) is 5.69 Å². The molecule has 0 saturated heterocycles. The molecule has 0 saturated carbocycles. The van der Waals surface area contributed by atoms with Crippen molar-refractivity contribution in [3.8, 4) is 0 Å². The van der Waals surface area contributed by atoms with E-state index in [4.69, 9.17) is 15.3 Å². The molecule has 1 heterocycles. The van der Waals surface area contributed by atoms with E-state index in [0.29, 0.717) is 38.8 Å². The standard InChI is InChI=1S/C11H22N4O3/c16-7-1-4-10-11(13-14-12-10)15(5-2-8-17)6-3-9-18/h16-18H,1-9H2,(H,12,13,14). The summed E-state index contributed by atoms with van der Waals surface area (Å²) in [5, 5.41) is 37.4. The summed E-state index contributed by atoms with van der Waals surface area (Å²) in [6.07, 6.45) is 2.61. The van der Waals surface area contributed by atoms with Crippen molar-refractivity contribution in [1.82, 2.24) is 15.4 Å². The summed E-state index contributed by atoms with van der Waals surface area (Å²) in [6.45, 7) is 1.72. The largest absolute Gasteiger partial charge is 0.396 e. The first-order valence-electron chi connectivity index (χ1n) is 6.30. The molecule has 0 atom stereocenters. The van der Waals surface area contributed by atoms with E-state index in [2.05, 4.69) is 15.4 Å². The van der Waals surface area contributed by atoms with E-state index in [1.165, 1.54) is 0 Å². The minimum atomic E-state index is 0.124. The molecule has 0 aliphatic carbocycles. The summed E-state index contributed by atoms with van der Waals surface area (Å²) in [7, 11) is 0. The van der Waals surface area contributed by atoms with Crippen molar-refractivity contribution >= 4 is 5.82 Å². The van der Waals surface area contributed by atoms with E-state index in [-0.39, 0.29) is 19.8 Å². The van der Waals surface area contributed by atoms with E-state index in [9.17, 15) is 0 Å². The summed E-state index contributed by atoms with van der Waals surface area (Å²) in [6, 6.07) is 0. The Hall–Kier alpha value is -1.18. The Bertz CT molecular complexity index is 311. The second-order valence-electron chi connectivity index (χ2n) is 4.06. The highest BCUT2D eigenvalue weighted by atomic mass is 16.3. The van der Waals surface area contributed by atoms with Crippen LogP contribution in [0.4, 0.5) is 5.82 Å². The lowest BCUT2D eigenvalue weighted by atomic mass is 10.2. The van der Waals surface area contributed by atoms with Crippen molar-refractivity contribution in [2.75, 3.05) is 37.8 Å². The fourth-order valence-electron chi connectivity index (χ4n) is 1.76. The summed E-state index contributed by atoms with van der Waals surface area (Å²) in [5.74, 6) is 0.755. The summed E-state index contributed by atoms with van der Waals surface area (Å²) >= 11 is 0. The molecule has 0 aliphatic heterocycles. The first-order valence-corrected chi connectivity index (χ1v) is 6.30. The minimum absolute atomic E-state index is 0.124. The van der Waals surface area contributed by atoms with Crippen LogP contribution in [0.3, 0.4) is 0 Å². The van der Waals surface area contributed by atoms with Crippen molar-refractivity contribution in [1.29, 1.82) is 0 Å². The second-order valence-corrected chi connectivity index (χ2v) is 4.06. The molecule has 0 spiro atoms. The maximum atomic E-state index is 8.90. The van der Waals surface area contributed by atoms with Gasteiger partial charge in [-0.25, -0.2) is 0 Å². The van der Waals surface area contributed by atoms with Crippen LogP contribution in [0.15, 0.2) is 0 Å². The Kier molecular flexibility index (Phi) is 7.31. The van der Waals surface area contributed by atoms with Crippen LogP contribution in [0, 0.1) is 0 Å². The molecule has 1 aromatic rings. The Labute approximate surface area is 106 Å². The van der Waals surface area contributed by atoms with Gasteiger partial charge in [0.15, 0.2) is 5.82 Å². The third-order valence-electron chi connectivity index (χ3n) is 2.64. The first-order chi connectivity index (χ1) is 8.83. The molecule has 18 heavy (non-hydrogen) atoms. The molecule has 0 bridgehead atoms. The van der Waals surface area contributed by atoms with Gasteiger partial charge >= 0.3 is 0 Å². The molecule has 1 aromatic heterocycles. The molecule has 4 N–H and O–H groups in total. The van der Waals surface area contributed by atoms with Gasteiger partial charge in [0.2, 0.25) is 0 Å². The van der Waals surface area contributed by atoms with Crippen LogP contribution < -0.4 is 4.90 Å². The van der Waals surface area contributed by atoms with Crippen LogP contribution in [0.5, 0.6) is 0 Å². The molecular formula is C11H22N4O3. The number of aliphatic hydroxyl groups excluding tert-OH is 3. The number of nitrogens with one attached hydrogen (secondary N) is 1. The van der Waals surface area contributed by atoms with Gasteiger partial charge in [0.05, 0.1) is 0 Å². The molecule has 0 amide bonds. The Balaban J connectivity index is 2.66. The molecule has 0 aromatic carbocycles.